The summed E-state index contributed by atoms with van der Waals surface area (Å²) in [5.41, 5.74) is 5.37. The lowest BCUT2D eigenvalue weighted by Gasteiger charge is -2.30. The summed E-state index contributed by atoms with van der Waals surface area (Å²) in [6.45, 7) is 9.06. The highest BCUT2D eigenvalue weighted by Gasteiger charge is 2.23. The third-order valence-electron chi connectivity index (χ3n) is 2.83. The van der Waals surface area contributed by atoms with Gasteiger partial charge in [0.1, 0.15) is 0 Å². The molecule has 2 N–H and O–H groups in total. The summed E-state index contributed by atoms with van der Waals surface area (Å²) in [5, 5.41) is 0. The van der Waals surface area contributed by atoms with Crippen molar-refractivity contribution in [3.8, 4) is 0 Å². The Labute approximate surface area is 88.0 Å². The van der Waals surface area contributed by atoms with Gasteiger partial charge in [-0.1, -0.05) is 20.8 Å². The summed E-state index contributed by atoms with van der Waals surface area (Å²) in [6.07, 6.45) is 3.20. The molecule has 0 aromatic heterocycles. The van der Waals surface area contributed by atoms with E-state index < -0.39 is 0 Å². The highest BCUT2D eigenvalue weighted by Crippen LogP contribution is 2.23. The van der Waals surface area contributed by atoms with Crippen molar-refractivity contribution < 1.29 is 9.47 Å². The van der Waals surface area contributed by atoms with Gasteiger partial charge in [-0.2, -0.15) is 0 Å². The van der Waals surface area contributed by atoms with Crippen LogP contribution in [0.15, 0.2) is 0 Å². The van der Waals surface area contributed by atoms with Gasteiger partial charge < -0.3 is 15.2 Å². The molecule has 3 heteroatoms. The molecule has 0 saturated carbocycles. The van der Waals surface area contributed by atoms with Crippen molar-refractivity contribution in [2.45, 2.75) is 45.6 Å². The lowest BCUT2D eigenvalue weighted by Crippen LogP contribution is -2.31. The van der Waals surface area contributed by atoms with E-state index in [0.29, 0.717) is 26.4 Å². The molecule has 0 aliphatic heterocycles. The molecule has 14 heavy (non-hydrogen) atoms. The van der Waals surface area contributed by atoms with Crippen LogP contribution in [0.2, 0.25) is 0 Å². The van der Waals surface area contributed by atoms with E-state index in [-0.39, 0.29) is 5.60 Å². The summed E-state index contributed by atoms with van der Waals surface area (Å²) in [6, 6.07) is 0. The SMILES string of the molecule is CCC(CC)(CC)OCCOCCN. The Bertz CT molecular complexity index is 116. The van der Waals surface area contributed by atoms with Crippen LogP contribution in [0.25, 0.3) is 0 Å². The highest BCUT2D eigenvalue weighted by molar-refractivity contribution is 4.75. The predicted molar refractivity (Wildman–Crippen MR) is 59.4 cm³/mol. The number of ether oxygens (including phenoxy) is 2. The van der Waals surface area contributed by atoms with Gasteiger partial charge in [0.2, 0.25) is 0 Å². The van der Waals surface area contributed by atoms with Crippen molar-refractivity contribution in [2.24, 2.45) is 5.73 Å². The third kappa shape index (κ3) is 4.94. The molecule has 0 rings (SSSR count). The summed E-state index contributed by atoms with van der Waals surface area (Å²) < 4.78 is 11.1. The molecule has 0 spiro atoms. The standard InChI is InChI=1S/C11H25NO2/c1-4-11(5-2,6-3)14-10-9-13-8-7-12/h4-10,12H2,1-3H3. The van der Waals surface area contributed by atoms with E-state index in [2.05, 4.69) is 20.8 Å². The fourth-order valence-corrected chi connectivity index (χ4v) is 1.56. The fraction of sp³-hybridized carbons (Fsp3) is 1.00. The number of nitrogens with two attached hydrogens (primary N) is 1. The number of hydrogen-bond acceptors (Lipinski definition) is 3. The first-order valence-corrected chi connectivity index (χ1v) is 5.66. The zero-order valence-electron chi connectivity index (χ0n) is 9.84. The van der Waals surface area contributed by atoms with Crippen LogP contribution in [0.3, 0.4) is 0 Å². The second-order valence-corrected chi connectivity index (χ2v) is 3.49. The molecule has 0 heterocycles. The first kappa shape index (κ1) is 13.9. The lowest BCUT2D eigenvalue weighted by molar-refractivity contribution is -0.0741. The average Bonchev–Trinajstić information content (AvgIpc) is 2.24. The molecule has 0 fully saturated rings. The molecular weight excluding hydrogens is 178 g/mol. The minimum atomic E-state index is 0.0616. The Kier molecular flexibility index (Phi) is 8.14. The number of hydrogen-bond donors (Lipinski definition) is 1. The van der Waals surface area contributed by atoms with Crippen LogP contribution in [0.5, 0.6) is 0 Å². The molecule has 3 nitrogen and oxygen atoms in total. The van der Waals surface area contributed by atoms with Gasteiger partial charge in [0.05, 0.1) is 25.4 Å². The minimum Gasteiger partial charge on any atom is -0.378 e. The maximum atomic E-state index is 5.86. The van der Waals surface area contributed by atoms with Crippen molar-refractivity contribution in [1.29, 1.82) is 0 Å². The van der Waals surface area contributed by atoms with Crippen LogP contribution in [0.1, 0.15) is 40.0 Å². The lowest BCUT2D eigenvalue weighted by atomic mass is 9.94. The van der Waals surface area contributed by atoms with Gasteiger partial charge in [0.15, 0.2) is 0 Å². The van der Waals surface area contributed by atoms with Gasteiger partial charge in [-0.15, -0.1) is 0 Å². The van der Waals surface area contributed by atoms with Gasteiger partial charge in [0.25, 0.3) is 0 Å². The van der Waals surface area contributed by atoms with Crippen LogP contribution in [0, 0.1) is 0 Å². The van der Waals surface area contributed by atoms with Crippen molar-refractivity contribution in [3.05, 3.63) is 0 Å². The molecule has 0 aliphatic rings. The largest absolute Gasteiger partial charge is 0.378 e. The predicted octanol–water partition coefficient (Wildman–Crippen LogP) is 1.95. The Morgan fingerprint density at radius 2 is 1.50 bits per heavy atom. The Balaban J connectivity index is 3.61. The van der Waals surface area contributed by atoms with Gasteiger partial charge in [-0.3, -0.25) is 0 Å². The van der Waals surface area contributed by atoms with Crippen LogP contribution < -0.4 is 5.73 Å². The molecular formula is C11H25NO2. The highest BCUT2D eigenvalue weighted by atomic mass is 16.5. The first-order valence-electron chi connectivity index (χ1n) is 5.66. The zero-order valence-corrected chi connectivity index (χ0v) is 9.84. The second kappa shape index (κ2) is 8.21. The molecule has 0 aromatic rings. The molecule has 86 valence electrons. The van der Waals surface area contributed by atoms with Crippen LogP contribution >= 0.6 is 0 Å². The van der Waals surface area contributed by atoms with Crippen molar-refractivity contribution >= 4 is 0 Å². The maximum Gasteiger partial charge on any atom is 0.0708 e. The zero-order chi connectivity index (χ0) is 10.9. The summed E-state index contributed by atoms with van der Waals surface area (Å²) in [4.78, 5) is 0. The topological polar surface area (TPSA) is 44.5 Å². The number of rotatable bonds is 9. The summed E-state index contributed by atoms with van der Waals surface area (Å²) in [5.74, 6) is 0. The van der Waals surface area contributed by atoms with Crippen molar-refractivity contribution in [3.63, 3.8) is 0 Å². The van der Waals surface area contributed by atoms with E-state index in [9.17, 15) is 0 Å². The average molecular weight is 203 g/mol. The van der Waals surface area contributed by atoms with E-state index in [1.165, 1.54) is 0 Å². The second-order valence-electron chi connectivity index (χ2n) is 3.49. The van der Waals surface area contributed by atoms with Gasteiger partial charge >= 0.3 is 0 Å². The quantitative estimate of drug-likeness (QED) is 0.582. The molecule has 0 aliphatic carbocycles. The monoisotopic (exact) mass is 203 g/mol. The van der Waals surface area contributed by atoms with Crippen molar-refractivity contribution in [2.75, 3.05) is 26.4 Å². The minimum absolute atomic E-state index is 0.0616. The molecule has 0 atom stereocenters. The van der Waals surface area contributed by atoms with Crippen LogP contribution in [0.4, 0.5) is 0 Å². The van der Waals surface area contributed by atoms with Gasteiger partial charge in [-0.05, 0) is 19.3 Å². The molecule has 0 radical (unpaired) electrons. The van der Waals surface area contributed by atoms with E-state index >= 15 is 0 Å². The van der Waals surface area contributed by atoms with E-state index in [1.54, 1.807) is 0 Å². The fourth-order valence-electron chi connectivity index (χ4n) is 1.56. The molecule has 0 amide bonds. The maximum absolute atomic E-state index is 5.86. The summed E-state index contributed by atoms with van der Waals surface area (Å²) in [7, 11) is 0. The van der Waals surface area contributed by atoms with Gasteiger partial charge in [0, 0.05) is 6.54 Å². The molecule has 0 aromatic carbocycles. The van der Waals surface area contributed by atoms with E-state index in [0.717, 1.165) is 19.3 Å². The Hall–Kier alpha value is -0.120. The van der Waals surface area contributed by atoms with Crippen LogP contribution in [-0.2, 0) is 9.47 Å². The molecule has 0 saturated heterocycles. The first-order chi connectivity index (χ1) is 6.74. The third-order valence-corrected chi connectivity index (χ3v) is 2.83. The Morgan fingerprint density at radius 1 is 0.929 bits per heavy atom. The van der Waals surface area contributed by atoms with E-state index in [1.807, 2.05) is 0 Å². The molecule has 0 unspecified atom stereocenters. The smallest absolute Gasteiger partial charge is 0.0708 e. The van der Waals surface area contributed by atoms with Crippen LogP contribution in [-0.4, -0.2) is 32.0 Å². The van der Waals surface area contributed by atoms with E-state index in [4.69, 9.17) is 15.2 Å². The normalized spacial score (nSPS) is 12.0. The Morgan fingerprint density at radius 3 is 1.93 bits per heavy atom. The van der Waals surface area contributed by atoms with Gasteiger partial charge in [-0.25, -0.2) is 0 Å². The summed E-state index contributed by atoms with van der Waals surface area (Å²) >= 11 is 0. The molecule has 0 bridgehead atoms. The van der Waals surface area contributed by atoms with Crippen molar-refractivity contribution in [1.82, 2.24) is 0 Å².